The molecule has 1 aliphatic carbocycles. The quantitative estimate of drug-likeness (QED) is 0.556. The number of nitrogens with zero attached hydrogens (tertiary/aromatic N) is 2. The second-order valence-corrected chi connectivity index (χ2v) is 8.31. The first-order valence-corrected chi connectivity index (χ1v) is 10.7. The van der Waals surface area contributed by atoms with E-state index in [-0.39, 0.29) is 0 Å². The number of hydrogen-bond donors (Lipinski definition) is 2. The number of rotatable bonds is 7. The SMILES string of the molecule is CN=C(NCCc1ncc(C)s1)NCc1ccc(OC2CCCCC2)cc1. The minimum atomic E-state index is 0.396. The Kier molecular flexibility index (Phi) is 7.51. The summed E-state index contributed by atoms with van der Waals surface area (Å²) in [6.45, 7) is 3.64. The minimum absolute atomic E-state index is 0.396. The monoisotopic (exact) mass is 386 g/mol. The van der Waals surface area contributed by atoms with E-state index in [2.05, 4.69) is 51.8 Å². The normalized spacial score (nSPS) is 15.6. The average molecular weight is 387 g/mol. The number of guanidine groups is 1. The zero-order valence-electron chi connectivity index (χ0n) is 16.3. The standard InChI is InChI=1S/C21H30N4OS/c1-16-14-24-20(27-16)12-13-23-21(22-2)25-15-17-8-10-19(11-9-17)26-18-6-4-3-5-7-18/h8-11,14,18H,3-7,12-13,15H2,1-2H3,(H2,22,23,25). The van der Waals surface area contributed by atoms with E-state index in [4.69, 9.17) is 4.74 Å². The Morgan fingerprint density at radius 1 is 1.19 bits per heavy atom. The van der Waals surface area contributed by atoms with E-state index in [9.17, 15) is 0 Å². The van der Waals surface area contributed by atoms with Gasteiger partial charge in [0.15, 0.2) is 5.96 Å². The molecule has 2 aromatic rings. The number of aromatic nitrogens is 1. The molecule has 1 saturated carbocycles. The van der Waals surface area contributed by atoms with Crippen molar-refractivity contribution in [1.82, 2.24) is 15.6 Å². The van der Waals surface area contributed by atoms with E-state index >= 15 is 0 Å². The number of thiazole rings is 1. The molecule has 0 amide bonds. The van der Waals surface area contributed by atoms with Gasteiger partial charge in [0.2, 0.25) is 0 Å². The summed E-state index contributed by atoms with van der Waals surface area (Å²) in [6, 6.07) is 8.40. The highest BCUT2D eigenvalue weighted by molar-refractivity contribution is 7.11. The van der Waals surface area contributed by atoms with Crippen LogP contribution in [0.5, 0.6) is 5.75 Å². The van der Waals surface area contributed by atoms with Gasteiger partial charge in [0.1, 0.15) is 5.75 Å². The van der Waals surface area contributed by atoms with Crippen LogP contribution in [0, 0.1) is 6.92 Å². The Bertz CT molecular complexity index is 720. The van der Waals surface area contributed by atoms with Gasteiger partial charge in [-0.25, -0.2) is 4.98 Å². The lowest BCUT2D eigenvalue weighted by Crippen LogP contribution is -2.37. The maximum Gasteiger partial charge on any atom is 0.191 e. The van der Waals surface area contributed by atoms with Crippen molar-refractivity contribution in [1.29, 1.82) is 0 Å². The fraction of sp³-hybridized carbons (Fsp3) is 0.524. The zero-order chi connectivity index (χ0) is 18.9. The topological polar surface area (TPSA) is 58.5 Å². The van der Waals surface area contributed by atoms with Crippen LogP contribution in [0.3, 0.4) is 0 Å². The van der Waals surface area contributed by atoms with Gasteiger partial charge in [-0.3, -0.25) is 4.99 Å². The van der Waals surface area contributed by atoms with Gasteiger partial charge in [-0.2, -0.15) is 0 Å². The number of hydrogen-bond acceptors (Lipinski definition) is 4. The second-order valence-electron chi connectivity index (χ2n) is 6.99. The van der Waals surface area contributed by atoms with Crippen molar-refractivity contribution in [2.75, 3.05) is 13.6 Å². The molecule has 0 atom stereocenters. The summed E-state index contributed by atoms with van der Waals surface area (Å²) < 4.78 is 6.09. The lowest BCUT2D eigenvalue weighted by molar-refractivity contribution is 0.155. The van der Waals surface area contributed by atoms with Crippen molar-refractivity contribution in [2.45, 2.75) is 58.1 Å². The van der Waals surface area contributed by atoms with E-state index in [0.717, 1.165) is 36.2 Å². The van der Waals surface area contributed by atoms with Crippen molar-refractivity contribution in [3.63, 3.8) is 0 Å². The van der Waals surface area contributed by atoms with Crippen LogP contribution >= 0.6 is 11.3 Å². The van der Waals surface area contributed by atoms with Crippen molar-refractivity contribution in [3.05, 3.63) is 45.9 Å². The van der Waals surface area contributed by atoms with E-state index in [0.29, 0.717) is 6.10 Å². The molecule has 27 heavy (non-hydrogen) atoms. The van der Waals surface area contributed by atoms with Gasteiger partial charge in [-0.05, 0) is 50.3 Å². The smallest absolute Gasteiger partial charge is 0.191 e. The molecule has 2 N–H and O–H groups in total. The summed E-state index contributed by atoms with van der Waals surface area (Å²) in [6.07, 6.45) is 9.54. The summed E-state index contributed by atoms with van der Waals surface area (Å²) >= 11 is 1.75. The Morgan fingerprint density at radius 3 is 2.63 bits per heavy atom. The van der Waals surface area contributed by atoms with Gasteiger partial charge >= 0.3 is 0 Å². The first-order chi connectivity index (χ1) is 13.2. The van der Waals surface area contributed by atoms with E-state index in [1.807, 2.05) is 6.20 Å². The third-order valence-corrected chi connectivity index (χ3v) is 5.73. The van der Waals surface area contributed by atoms with Crippen molar-refractivity contribution < 1.29 is 4.74 Å². The van der Waals surface area contributed by atoms with Gasteiger partial charge in [0.25, 0.3) is 0 Å². The van der Waals surface area contributed by atoms with Crippen LogP contribution in [-0.2, 0) is 13.0 Å². The molecule has 1 aromatic carbocycles. The number of aliphatic imine (C=N–C) groups is 1. The molecule has 3 rings (SSSR count). The highest BCUT2D eigenvalue weighted by atomic mass is 32.1. The summed E-state index contributed by atoms with van der Waals surface area (Å²) in [5.74, 6) is 1.79. The van der Waals surface area contributed by atoms with Crippen LogP contribution < -0.4 is 15.4 Å². The summed E-state index contributed by atoms with van der Waals surface area (Å²) in [5.41, 5.74) is 1.21. The van der Waals surface area contributed by atoms with E-state index < -0.39 is 0 Å². The molecule has 6 heteroatoms. The molecular weight excluding hydrogens is 356 g/mol. The third kappa shape index (κ3) is 6.54. The van der Waals surface area contributed by atoms with E-state index in [1.165, 1.54) is 42.5 Å². The molecule has 0 unspecified atom stereocenters. The minimum Gasteiger partial charge on any atom is -0.490 e. The molecule has 1 heterocycles. The Labute approximate surface area is 166 Å². The molecule has 1 aliphatic rings. The largest absolute Gasteiger partial charge is 0.490 e. The lowest BCUT2D eigenvalue weighted by atomic mass is 9.98. The first-order valence-electron chi connectivity index (χ1n) is 9.84. The van der Waals surface area contributed by atoms with Gasteiger partial charge in [0, 0.05) is 37.6 Å². The van der Waals surface area contributed by atoms with E-state index in [1.54, 1.807) is 18.4 Å². The maximum atomic E-state index is 6.09. The second kappa shape index (κ2) is 10.3. The molecule has 0 bridgehead atoms. The summed E-state index contributed by atoms with van der Waals surface area (Å²) in [7, 11) is 1.80. The predicted molar refractivity (Wildman–Crippen MR) is 113 cm³/mol. The number of aryl methyl sites for hydroxylation is 1. The van der Waals surface area contributed by atoms with Crippen molar-refractivity contribution >= 4 is 17.3 Å². The molecular formula is C21H30N4OS. The highest BCUT2D eigenvalue weighted by Crippen LogP contribution is 2.23. The molecule has 0 saturated heterocycles. The highest BCUT2D eigenvalue weighted by Gasteiger charge is 2.14. The molecule has 5 nitrogen and oxygen atoms in total. The number of nitrogens with one attached hydrogen (secondary N) is 2. The fourth-order valence-corrected chi connectivity index (χ4v) is 4.06. The predicted octanol–water partition coefficient (Wildman–Crippen LogP) is 4.07. The van der Waals surface area contributed by atoms with Crippen LogP contribution in [-0.4, -0.2) is 30.6 Å². The van der Waals surface area contributed by atoms with Crippen molar-refractivity contribution in [2.24, 2.45) is 4.99 Å². The molecule has 0 aliphatic heterocycles. The molecule has 146 valence electrons. The number of ether oxygens (including phenoxy) is 1. The van der Waals surface area contributed by atoms with Crippen molar-refractivity contribution in [3.8, 4) is 5.75 Å². The van der Waals surface area contributed by atoms with Crippen LogP contribution in [0.4, 0.5) is 0 Å². The third-order valence-electron chi connectivity index (χ3n) is 4.76. The van der Waals surface area contributed by atoms with Gasteiger partial charge in [0.05, 0.1) is 11.1 Å². The van der Waals surface area contributed by atoms with Crippen LogP contribution in [0.15, 0.2) is 35.5 Å². The lowest BCUT2D eigenvalue weighted by Gasteiger charge is -2.23. The molecule has 0 spiro atoms. The first kappa shape index (κ1) is 19.7. The average Bonchev–Trinajstić information content (AvgIpc) is 3.11. The summed E-state index contributed by atoms with van der Waals surface area (Å²) in [4.78, 5) is 9.93. The molecule has 0 radical (unpaired) electrons. The molecule has 1 aromatic heterocycles. The van der Waals surface area contributed by atoms with Gasteiger partial charge in [-0.15, -0.1) is 11.3 Å². The van der Waals surface area contributed by atoms with Gasteiger partial charge in [-0.1, -0.05) is 18.6 Å². The Hall–Kier alpha value is -2.08. The summed E-state index contributed by atoms with van der Waals surface area (Å²) in [5, 5.41) is 7.86. The zero-order valence-corrected chi connectivity index (χ0v) is 17.1. The van der Waals surface area contributed by atoms with Crippen LogP contribution in [0.2, 0.25) is 0 Å². The van der Waals surface area contributed by atoms with Gasteiger partial charge < -0.3 is 15.4 Å². The Balaban J connectivity index is 1.39. The maximum absolute atomic E-state index is 6.09. The van der Waals surface area contributed by atoms with Crippen LogP contribution in [0.25, 0.3) is 0 Å². The van der Waals surface area contributed by atoms with Crippen LogP contribution in [0.1, 0.15) is 47.6 Å². The fourth-order valence-electron chi connectivity index (χ4n) is 3.27. The Morgan fingerprint density at radius 2 is 1.96 bits per heavy atom. The molecule has 1 fully saturated rings. The number of benzene rings is 1.